The highest BCUT2D eigenvalue weighted by Crippen LogP contribution is 2.38. The van der Waals surface area contributed by atoms with Crippen LogP contribution in [0.4, 0.5) is 0 Å². The van der Waals surface area contributed by atoms with Gasteiger partial charge in [0.1, 0.15) is 0 Å². The molecule has 0 aliphatic rings. The van der Waals surface area contributed by atoms with Crippen LogP contribution in [-0.2, 0) is 0 Å². The summed E-state index contributed by atoms with van der Waals surface area (Å²) in [5, 5.41) is 11.3. The maximum absolute atomic E-state index is 5.39. The van der Waals surface area contributed by atoms with E-state index in [4.69, 9.17) is 24.9 Å². The Bertz CT molecular complexity index is 3570. The smallest absolute Gasteiger partial charge is 0.164 e. The van der Waals surface area contributed by atoms with Crippen LogP contribution in [-0.4, -0.2) is 24.9 Å². The number of aromatic nitrogens is 5. The molecule has 0 saturated carbocycles. The maximum Gasteiger partial charge on any atom is 0.164 e. The van der Waals surface area contributed by atoms with Gasteiger partial charge in [-0.05, 0) is 68.0 Å². The minimum atomic E-state index is 0.603. The first kappa shape index (κ1) is 33.9. The monoisotopic (exact) mass is 763 g/mol. The van der Waals surface area contributed by atoms with Gasteiger partial charge in [-0.3, -0.25) is 0 Å². The molecule has 0 bridgehead atoms. The van der Waals surface area contributed by atoms with Gasteiger partial charge < -0.3 is 0 Å². The minimum absolute atomic E-state index is 0.603. The molecule has 3 heterocycles. The Morgan fingerprint density at radius 3 is 1.33 bits per heavy atom. The Hall–Kier alpha value is -8.15. The van der Waals surface area contributed by atoms with Gasteiger partial charge in [-0.1, -0.05) is 170 Å². The van der Waals surface area contributed by atoms with E-state index in [0.29, 0.717) is 17.5 Å². The number of benzene rings is 9. The van der Waals surface area contributed by atoms with Gasteiger partial charge in [-0.2, -0.15) is 0 Å². The maximum atomic E-state index is 5.39. The van der Waals surface area contributed by atoms with Crippen molar-refractivity contribution < 1.29 is 0 Å². The highest BCUT2D eigenvalue weighted by Gasteiger charge is 2.18. The summed E-state index contributed by atoms with van der Waals surface area (Å²) in [5.41, 5.74) is 8.49. The van der Waals surface area contributed by atoms with E-state index in [-0.39, 0.29) is 0 Å². The summed E-state index contributed by atoms with van der Waals surface area (Å²) in [6, 6.07) is 70.0. The van der Waals surface area contributed by atoms with Crippen molar-refractivity contribution >= 4 is 64.9 Å². The van der Waals surface area contributed by atoms with E-state index in [0.717, 1.165) is 82.6 Å². The molecule has 12 aromatic rings. The largest absolute Gasteiger partial charge is 0.247 e. The Morgan fingerprint density at radius 2 is 0.717 bits per heavy atom. The number of hydrogen-bond donors (Lipinski definition) is 0. The van der Waals surface area contributed by atoms with Gasteiger partial charge in [0, 0.05) is 44.0 Å². The predicted molar refractivity (Wildman–Crippen MR) is 248 cm³/mol. The Kier molecular flexibility index (Phi) is 7.78. The van der Waals surface area contributed by atoms with Crippen LogP contribution in [0.25, 0.3) is 122 Å². The van der Waals surface area contributed by atoms with Crippen molar-refractivity contribution in [3.8, 4) is 56.7 Å². The second-order valence-corrected chi connectivity index (χ2v) is 15.3. The molecule has 60 heavy (non-hydrogen) atoms. The van der Waals surface area contributed by atoms with Crippen LogP contribution in [0.3, 0.4) is 0 Å². The molecular formula is C55H33N5. The second-order valence-electron chi connectivity index (χ2n) is 15.3. The number of nitrogens with zero attached hydrogens (tertiary/aromatic N) is 5. The van der Waals surface area contributed by atoms with Gasteiger partial charge in [-0.25, -0.2) is 24.9 Å². The van der Waals surface area contributed by atoms with Crippen LogP contribution in [0.5, 0.6) is 0 Å². The van der Waals surface area contributed by atoms with E-state index in [1.807, 2.05) is 6.07 Å². The molecule has 0 unspecified atom stereocenters. The molecule has 0 radical (unpaired) electrons. The highest BCUT2D eigenvalue weighted by molar-refractivity contribution is 6.20. The Morgan fingerprint density at radius 1 is 0.267 bits per heavy atom. The summed E-state index contributed by atoms with van der Waals surface area (Å²) in [4.78, 5) is 26.0. The third-order valence-electron chi connectivity index (χ3n) is 11.6. The van der Waals surface area contributed by atoms with E-state index in [1.165, 1.54) is 21.5 Å². The third kappa shape index (κ3) is 5.83. The van der Waals surface area contributed by atoms with Gasteiger partial charge in [-0.15, -0.1) is 0 Å². The van der Waals surface area contributed by atoms with E-state index in [2.05, 4.69) is 194 Å². The zero-order valence-corrected chi connectivity index (χ0v) is 32.3. The molecule has 0 N–H and O–H groups in total. The number of fused-ring (bicyclic) bond motifs is 8. The Labute approximate surface area is 345 Å². The van der Waals surface area contributed by atoms with Crippen molar-refractivity contribution in [1.82, 2.24) is 24.9 Å². The summed E-state index contributed by atoms with van der Waals surface area (Å²) >= 11 is 0. The second kappa shape index (κ2) is 13.8. The lowest BCUT2D eigenvalue weighted by atomic mass is 9.96. The van der Waals surface area contributed by atoms with Crippen LogP contribution in [0, 0.1) is 0 Å². The summed E-state index contributed by atoms with van der Waals surface area (Å²) in [7, 11) is 0. The van der Waals surface area contributed by atoms with E-state index in [9.17, 15) is 0 Å². The van der Waals surface area contributed by atoms with Gasteiger partial charge in [0.15, 0.2) is 17.5 Å². The number of hydrogen-bond acceptors (Lipinski definition) is 5. The van der Waals surface area contributed by atoms with Gasteiger partial charge >= 0.3 is 0 Å². The first-order valence-corrected chi connectivity index (χ1v) is 20.2. The fourth-order valence-electron chi connectivity index (χ4n) is 8.54. The zero-order chi connectivity index (χ0) is 39.6. The van der Waals surface area contributed by atoms with Gasteiger partial charge in [0.2, 0.25) is 0 Å². The van der Waals surface area contributed by atoms with E-state index in [1.54, 1.807) is 0 Å². The minimum Gasteiger partial charge on any atom is -0.247 e. The number of para-hydroxylation sites is 1. The SMILES string of the molecule is c1ccc2cc(-c3ccc4ccc5c6ccccc6nc(-c6ccc(-c7nc(-c8ccc9ccccc9c8)nc(-c8ccc9ccccc9c8)n7)cc6)c5c4n3)ccc2c1. The van der Waals surface area contributed by atoms with E-state index < -0.39 is 0 Å². The van der Waals surface area contributed by atoms with Crippen LogP contribution in [0.1, 0.15) is 0 Å². The van der Waals surface area contributed by atoms with Gasteiger partial charge in [0.05, 0.1) is 22.4 Å². The quantitative estimate of drug-likeness (QED) is 0.163. The lowest BCUT2D eigenvalue weighted by molar-refractivity contribution is 1.08. The fraction of sp³-hybridized carbons (Fsp3) is 0. The molecule has 0 fully saturated rings. The molecule has 9 aromatic carbocycles. The van der Waals surface area contributed by atoms with Crippen molar-refractivity contribution in [2.24, 2.45) is 0 Å². The fourth-order valence-corrected chi connectivity index (χ4v) is 8.54. The van der Waals surface area contributed by atoms with Crippen molar-refractivity contribution in [3.63, 3.8) is 0 Å². The number of pyridine rings is 2. The summed E-state index contributed by atoms with van der Waals surface area (Å²) in [6.07, 6.45) is 0. The molecule has 5 nitrogen and oxygen atoms in total. The average molecular weight is 764 g/mol. The van der Waals surface area contributed by atoms with Crippen molar-refractivity contribution in [3.05, 3.63) is 200 Å². The van der Waals surface area contributed by atoms with E-state index >= 15 is 0 Å². The topological polar surface area (TPSA) is 64.5 Å². The lowest BCUT2D eigenvalue weighted by Gasteiger charge is -2.14. The summed E-state index contributed by atoms with van der Waals surface area (Å²) in [5.74, 6) is 1.85. The summed E-state index contributed by atoms with van der Waals surface area (Å²) < 4.78 is 0. The molecule has 0 aliphatic carbocycles. The van der Waals surface area contributed by atoms with Crippen LogP contribution in [0.15, 0.2) is 200 Å². The molecule has 5 heteroatoms. The van der Waals surface area contributed by atoms with Crippen molar-refractivity contribution in [2.45, 2.75) is 0 Å². The molecule has 0 aliphatic heterocycles. The van der Waals surface area contributed by atoms with Crippen LogP contribution in [0.2, 0.25) is 0 Å². The molecule has 0 spiro atoms. The molecule has 278 valence electrons. The molecule has 12 rings (SSSR count). The Balaban J connectivity index is 1.02. The number of rotatable bonds is 5. The highest BCUT2D eigenvalue weighted by atomic mass is 15.0. The lowest BCUT2D eigenvalue weighted by Crippen LogP contribution is -2.00. The standard InChI is InChI=1S/C55H33N5/c1-4-12-40-31-43(24-17-34(40)9-1)48-30-28-38-27-29-47-46-15-7-8-16-49(46)57-52(50(47)51(38)56-48)37-20-22-39(23-21-37)53-58-54(44-25-18-35-10-2-5-13-41(35)32-44)60-55(59-53)45-26-19-36-11-3-6-14-42(36)33-45/h1-33H. The normalized spacial score (nSPS) is 11.7. The molecule has 0 saturated heterocycles. The first-order chi connectivity index (χ1) is 29.7. The zero-order valence-electron chi connectivity index (χ0n) is 32.3. The third-order valence-corrected chi connectivity index (χ3v) is 11.6. The first-order valence-electron chi connectivity index (χ1n) is 20.2. The predicted octanol–water partition coefficient (Wildman–Crippen LogP) is 13.9. The van der Waals surface area contributed by atoms with Crippen LogP contribution >= 0.6 is 0 Å². The van der Waals surface area contributed by atoms with Gasteiger partial charge in [0.25, 0.3) is 0 Å². The molecule has 0 amide bonds. The van der Waals surface area contributed by atoms with Crippen molar-refractivity contribution in [1.29, 1.82) is 0 Å². The molecule has 0 atom stereocenters. The van der Waals surface area contributed by atoms with Crippen LogP contribution < -0.4 is 0 Å². The average Bonchev–Trinajstić information content (AvgIpc) is 3.32. The van der Waals surface area contributed by atoms with Crippen molar-refractivity contribution in [2.75, 3.05) is 0 Å². The molecule has 3 aromatic heterocycles. The molecular weight excluding hydrogens is 731 g/mol. The summed E-state index contributed by atoms with van der Waals surface area (Å²) in [6.45, 7) is 0.